The summed E-state index contributed by atoms with van der Waals surface area (Å²) < 4.78 is 6.36. The van der Waals surface area contributed by atoms with Gasteiger partial charge in [-0.15, -0.1) is 0 Å². The molecule has 2 rings (SSSR count). The van der Waals surface area contributed by atoms with Crippen molar-refractivity contribution in [1.82, 2.24) is 0 Å². The number of hydrogen-bond donors (Lipinski definition) is 1. The van der Waals surface area contributed by atoms with Crippen molar-refractivity contribution < 1.29 is 9.53 Å². The lowest BCUT2D eigenvalue weighted by molar-refractivity contribution is 0.0996. The third-order valence-corrected chi connectivity index (χ3v) is 3.69. The van der Waals surface area contributed by atoms with Gasteiger partial charge in [0.2, 0.25) is 0 Å². The van der Waals surface area contributed by atoms with Crippen LogP contribution in [0.5, 0.6) is 5.75 Å². The Kier molecular flexibility index (Phi) is 4.91. The van der Waals surface area contributed by atoms with Crippen LogP contribution < -0.4 is 10.5 Å². The SMILES string of the molecule is NC(=O)c1cc(Br)ccc1OCc1ccc(Cl)cc1Cl. The molecule has 0 saturated heterocycles. The first-order valence-corrected chi connectivity index (χ1v) is 7.18. The topological polar surface area (TPSA) is 52.3 Å². The predicted octanol–water partition coefficient (Wildman–Crippen LogP) is 4.43. The number of rotatable bonds is 4. The quantitative estimate of drug-likeness (QED) is 0.860. The Bertz CT molecular complexity index is 662. The van der Waals surface area contributed by atoms with E-state index >= 15 is 0 Å². The Morgan fingerprint density at radius 1 is 1.20 bits per heavy atom. The second-order valence-electron chi connectivity index (χ2n) is 4.03. The van der Waals surface area contributed by atoms with Gasteiger partial charge in [-0.05, 0) is 30.3 Å². The molecule has 104 valence electrons. The number of halogens is 3. The van der Waals surface area contributed by atoms with E-state index in [0.29, 0.717) is 21.4 Å². The molecule has 1 amide bonds. The van der Waals surface area contributed by atoms with E-state index in [1.165, 1.54) is 0 Å². The Hall–Kier alpha value is -1.23. The minimum atomic E-state index is -0.552. The van der Waals surface area contributed by atoms with Crippen molar-refractivity contribution in [3.8, 4) is 5.75 Å². The van der Waals surface area contributed by atoms with Gasteiger partial charge in [0.1, 0.15) is 12.4 Å². The summed E-state index contributed by atoms with van der Waals surface area (Å²) in [5.41, 5.74) is 6.40. The molecule has 0 aliphatic heterocycles. The Balaban J connectivity index is 2.20. The standard InChI is InChI=1S/C14H10BrCl2NO2/c15-9-2-4-13(11(5-9)14(18)19)20-7-8-1-3-10(16)6-12(8)17/h1-6H,7H2,(H2,18,19). The molecule has 0 aliphatic carbocycles. The van der Waals surface area contributed by atoms with Gasteiger partial charge in [0, 0.05) is 20.1 Å². The summed E-state index contributed by atoms with van der Waals surface area (Å²) in [6.45, 7) is 0.220. The Labute approximate surface area is 134 Å². The average Bonchev–Trinajstić information content (AvgIpc) is 2.38. The van der Waals surface area contributed by atoms with Crippen molar-refractivity contribution in [2.75, 3.05) is 0 Å². The second-order valence-corrected chi connectivity index (χ2v) is 5.79. The number of amides is 1. The average molecular weight is 375 g/mol. The number of nitrogens with two attached hydrogens (primary N) is 1. The molecule has 0 aromatic heterocycles. The molecule has 2 aromatic rings. The molecule has 0 bridgehead atoms. The molecule has 0 fully saturated rings. The number of hydrogen-bond acceptors (Lipinski definition) is 2. The number of benzene rings is 2. The Morgan fingerprint density at radius 2 is 1.95 bits per heavy atom. The van der Waals surface area contributed by atoms with Crippen molar-refractivity contribution in [2.45, 2.75) is 6.61 Å². The van der Waals surface area contributed by atoms with Gasteiger partial charge < -0.3 is 10.5 Å². The molecular weight excluding hydrogens is 365 g/mol. The highest BCUT2D eigenvalue weighted by Gasteiger charge is 2.11. The minimum Gasteiger partial charge on any atom is -0.488 e. The first kappa shape index (κ1) is 15.2. The van der Waals surface area contributed by atoms with Gasteiger partial charge in [0.25, 0.3) is 5.91 Å². The van der Waals surface area contributed by atoms with E-state index in [0.717, 1.165) is 10.0 Å². The zero-order chi connectivity index (χ0) is 14.7. The van der Waals surface area contributed by atoms with Gasteiger partial charge in [-0.2, -0.15) is 0 Å². The zero-order valence-electron chi connectivity index (χ0n) is 10.2. The first-order chi connectivity index (χ1) is 9.47. The summed E-state index contributed by atoms with van der Waals surface area (Å²) in [7, 11) is 0. The minimum absolute atomic E-state index is 0.220. The van der Waals surface area contributed by atoms with Crippen LogP contribution in [0.25, 0.3) is 0 Å². The second kappa shape index (κ2) is 6.48. The van der Waals surface area contributed by atoms with Gasteiger partial charge in [0.05, 0.1) is 5.56 Å². The number of carbonyl (C=O) groups is 1. The van der Waals surface area contributed by atoms with Crippen molar-refractivity contribution in [2.24, 2.45) is 5.73 Å². The van der Waals surface area contributed by atoms with Crippen LogP contribution in [-0.4, -0.2) is 5.91 Å². The van der Waals surface area contributed by atoms with Gasteiger partial charge in [-0.3, -0.25) is 4.79 Å². The number of primary amides is 1. The molecule has 2 N–H and O–H groups in total. The molecule has 3 nitrogen and oxygen atoms in total. The summed E-state index contributed by atoms with van der Waals surface area (Å²) >= 11 is 15.2. The molecule has 0 aliphatic rings. The molecule has 0 radical (unpaired) electrons. The monoisotopic (exact) mass is 373 g/mol. The molecule has 0 heterocycles. The van der Waals surface area contributed by atoms with Crippen LogP contribution >= 0.6 is 39.1 Å². The fraction of sp³-hybridized carbons (Fsp3) is 0.0714. The third-order valence-electron chi connectivity index (χ3n) is 2.61. The van der Waals surface area contributed by atoms with Crippen LogP contribution in [0.2, 0.25) is 10.0 Å². The van der Waals surface area contributed by atoms with Crippen molar-refractivity contribution in [3.05, 3.63) is 62.0 Å². The summed E-state index contributed by atoms with van der Waals surface area (Å²) in [6, 6.07) is 10.2. The molecule has 0 atom stereocenters. The highest BCUT2D eigenvalue weighted by atomic mass is 79.9. The van der Waals surface area contributed by atoms with Gasteiger partial charge >= 0.3 is 0 Å². The van der Waals surface area contributed by atoms with Gasteiger partial charge in [0.15, 0.2) is 0 Å². The molecule has 6 heteroatoms. The van der Waals surface area contributed by atoms with Crippen molar-refractivity contribution >= 4 is 45.0 Å². The maximum Gasteiger partial charge on any atom is 0.252 e. The zero-order valence-corrected chi connectivity index (χ0v) is 13.3. The molecular formula is C14H10BrCl2NO2. The van der Waals surface area contributed by atoms with Crippen LogP contribution in [0, 0.1) is 0 Å². The fourth-order valence-electron chi connectivity index (χ4n) is 1.61. The van der Waals surface area contributed by atoms with Crippen LogP contribution in [0.3, 0.4) is 0 Å². The van der Waals surface area contributed by atoms with Crippen LogP contribution in [-0.2, 0) is 6.61 Å². The maximum atomic E-state index is 11.4. The molecule has 20 heavy (non-hydrogen) atoms. The maximum absolute atomic E-state index is 11.4. The highest BCUT2D eigenvalue weighted by Crippen LogP contribution is 2.26. The molecule has 2 aromatic carbocycles. The number of carbonyl (C=O) groups excluding carboxylic acids is 1. The van der Waals surface area contributed by atoms with Crippen LogP contribution in [0.1, 0.15) is 15.9 Å². The van der Waals surface area contributed by atoms with Gasteiger partial charge in [-0.1, -0.05) is 45.2 Å². The lowest BCUT2D eigenvalue weighted by Gasteiger charge is -2.11. The smallest absolute Gasteiger partial charge is 0.252 e. The summed E-state index contributed by atoms with van der Waals surface area (Å²) in [5, 5.41) is 1.07. The van der Waals surface area contributed by atoms with Crippen LogP contribution in [0.4, 0.5) is 0 Å². The van der Waals surface area contributed by atoms with E-state index in [2.05, 4.69) is 15.9 Å². The lowest BCUT2D eigenvalue weighted by Crippen LogP contribution is -2.13. The lowest BCUT2D eigenvalue weighted by atomic mass is 10.2. The fourth-order valence-corrected chi connectivity index (χ4v) is 2.44. The van der Waals surface area contributed by atoms with E-state index in [1.807, 2.05) is 0 Å². The highest BCUT2D eigenvalue weighted by molar-refractivity contribution is 9.10. The van der Waals surface area contributed by atoms with E-state index in [4.69, 9.17) is 33.7 Å². The normalized spacial score (nSPS) is 10.3. The van der Waals surface area contributed by atoms with E-state index in [9.17, 15) is 4.79 Å². The van der Waals surface area contributed by atoms with Gasteiger partial charge in [-0.25, -0.2) is 0 Å². The largest absolute Gasteiger partial charge is 0.488 e. The van der Waals surface area contributed by atoms with Crippen molar-refractivity contribution in [3.63, 3.8) is 0 Å². The third kappa shape index (κ3) is 3.66. The summed E-state index contributed by atoms with van der Waals surface area (Å²) in [6.07, 6.45) is 0. The molecule has 0 unspecified atom stereocenters. The number of ether oxygens (including phenoxy) is 1. The molecule has 0 spiro atoms. The van der Waals surface area contributed by atoms with E-state index < -0.39 is 5.91 Å². The van der Waals surface area contributed by atoms with Crippen molar-refractivity contribution in [1.29, 1.82) is 0 Å². The summed E-state index contributed by atoms with van der Waals surface area (Å²) in [4.78, 5) is 11.4. The first-order valence-electron chi connectivity index (χ1n) is 5.63. The summed E-state index contributed by atoms with van der Waals surface area (Å²) in [5.74, 6) is -0.143. The van der Waals surface area contributed by atoms with E-state index in [1.54, 1.807) is 36.4 Å². The van der Waals surface area contributed by atoms with Crippen LogP contribution in [0.15, 0.2) is 40.9 Å². The molecule has 0 saturated carbocycles. The Morgan fingerprint density at radius 3 is 2.60 bits per heavy atom. The van der Waals surface area contributed by atoms with E-state index in [-0.39, 0.29) is 6.61 Å². The predicted molar refractivity (Wildman–Crippen MR) is 83.5 cm³/mol.